The Morgan fingerprint density at radius 2 is 2.62 bits per heavy atom. The van der Waals surface area contributed by atoms with Crippen LogP contribution < -0.4 is 5.32 Å². The molecule has 0 spiro atoms. The van der Waals surface area contributed by atoms with E-state index >= 15 is 0 Å². The fraction of sp³-hybridized carbons (Fsp3) is 0.444. The second kappa shape index (κ2) is 3.76. The molecule has 1 aromatic rings. The Balaban J connectivity index is 2.26. The van der Waals surface area contributed by atoms with Crippen LogP contribution in [-0.4, -0.2) is 16.8 Å². The van der Waals surface area contributed by atoms with E-state index in [9.17, 15) is 0 Å². The predicted molar refractivity (Wildman–Crippen MR) is 57.7 cm³/mol. The van der Waals surface area contributed by atoms with E-state index in [0.717, 1.165) is 17.3 Å². The first-order valence-corrected chi connectivity index (χ1v) is 5.61. The number of nitrogens with zero attached hydrogens (tertiary/aromatic N) is 1. The van der Waals surface area contributed by atoms with Crippen molar-refractivity contribution in [2.24, 2.45) is 0 Å². The van der Waals surface area contributed by atoms with Gasteiger partial charge >= 0.3 is 0 Å². The van der Waals surface area contributed by atoms with Gasteiger partial charge in [0.05, 0.1) is 10.7 Å². The SMILES string of the molecule is CCC1CNc2cc(Cl)cnc2S1. The van der Waals surface area contributed by atoms with E-state index in [2.05, 4.69) is 17.2 Å². The zero-order valence-corrected chi connectivity index (χ0v) is 8.95. The summed E-state index contributed by atoms with van der Waals surface area (Å²) < 4.78 is 0. The number of pyridine rings is 1. The number of hydrogen-bond acceptors (Lipinski definition) is 3. The Morgan fingerprint density at radius 1 is 1.77 bits per heavy atom. The lowest BCUT2D eigenvalue weighted by molar-refractivity contribution is 0.833. The molecule has 0 aliphatic carbocycles. The van der Waals surface area contributed by atoms with Crippen molar-refractivity contribution in [2.75, 3.05) is 11.9 Å². The molecule has 2 nitrogen and oxygen atoms in total. The molecule has 2 heterocycles. The Labute approximate surface area is 87.1 Å². The van der Waals surface area contributed by atoms with Gasteiger partial charge in [-0.05, 0) is 12.5 Å². The number of rotatable bonds is 1. The number of fused-ring (bicyclic) bond motifs is 1. The Morgan fingerprint density at radius 3 is 3.38 bits per heavy atom. The fourth-order valence-corrected chi connectivity index (χ4v) is 2.48. The van der Waals surface area contributed by atoms with E-state index in [1.807, 2.05) is 17.8 Å². The first kappa shape index (κ1) is 9.16. The van der Waals surface area contributed by atoms with Crippen LogP contribution in [0.15, 0.2) is 17.3 Å². The third-order valence-electron chi connectivity index (χ3n) is 2.07. The van der Waals surface area contributed by atoms with Gasteiger partial charge in [-0.25, -0.2) is 4.98 Å². The maximum absolute atomic E-state index is 5.84. The van der Waals surface area contributed by atoms with Gasteiger partial charge < -0.3 is 5.32 Å². The number of aromatic nitrogens is 1. The Bertz CT molecular complexity index is 316. The van der Waals surface area contributed by atoms with Crippen molar-refractivity contribution < 1.29 is 0 Å². The Hall–Kier alpha value is -0.410. The van der Waals surface area contributed by atoms with Gasteiger partial charge in [0, 0.05) is 18.0 Å². The second-order valence-corrected chi connectivity index (χ2v) is 4.76. The third kappa shape index (κ3) is 1.92. The second-order valence-electron chi connectivity index (χ2n) is 3.04. The van der Waals surface area contributed by atoms with Gasteiger partial charge in [0.25, 0.3) is 0 Å². The number of halogens is 1. The van der Waals surface area contributed by atoms with Crippen LogP contribution in [0.3, 0.4) is 0 Å². The first-order chi connectivity index (χ1) is 6.29. The molecule has 1 aromatic heterocycles. The zero-order chi connectivity index (χ0) is 9.26. The summed E-state index contributed by atoms with van der Waals surface area (Å²) in [6.45, 7) is 3.20. The molecule has 0 saturated carbocycles. The monoisotopic (exact) mass is 214 g/mol. The maximum Gasteiger partial charge on any atom is 0.120 e. The Kier molecular flexibility index (Phi) is 2.65. The summed E-state index contributed by atoms with van der Waals surface area (Å²) in [6.07, 6.45) is 2.87. The van der Waals surface area contributed by atoms with Crippen molar-refractivity contribution in [1.29, 1.82) is 0 Å². The van der Waals surface area contributed by atoms with Crippen LogP contribution in [-0.2, 0) is 0 Å². The molecule has 1 N–H and O–H groups in total. The molecule has 0 bridgehead atoms. The van der Waals surface area contributed by atoms with Crippen LogP contribution in [0.1, 0.15) is 13.3 Å². The van der Waals surface area contributed by atoms with E-state index in [1.165, 1.54) is 6.42 Å². The van der Waals surface area contributed by atoms with E-state index in [-0.39, 0.29) is 0 Å². The average Bonchev–Trinajstić information content (AvgIpc) is 2.17. The van der Waals surface area contributed by atoms with Crippen molar-refractivity contribution in [2.45, 2.75) is 23.6 Å². The highest BCUT2D eigenvalue weighted by molar-refractivity contribution is 8.00. The molecule has 0 fully saturated rings. The highest BCUT2D eigenvalue weighted by Crippen LogP contribution is 2.35. The minimum atomic E-state index is 0.640. The summed E-state index contributed by atoms with van der Waals surface area (Å²) in [4.78, 5) is 4.29. The fourth-order valence-electron chi connectivity index (χ4n) is 1.30. The van der Waals surface area contributed by atoms with Crippen molar-refractivity contribution in [1.82, 2.24) is 4.98 Å². The molecular formula is C9H11ClN2S. The van der Waals surface area contributed by atoms with Crippen LogP contribution in [0, 0.1) is 0 Å². The zero-order valence-electron chi connectivity index (χ0n) is 7.38. The van der Waals surface area contributed by atoms with Crippen molar-refractivity contribution >= 4 is 29.1 Å². The molecular weight excluding hydrogens is 204 g/mol. The van der Waals surface area contributed by atoms with Gasteiger partial charge in [-0.3, -0.25) is 0 Å². The predicted octanol–water partition coefficient (Wildman–Crippen LogP) is 3.03. The molecule has 70 valence electrons. The van der Waals surface area contributed by atoms with Crippen LogP contribution in [0.4, 0.5) is 5.69 Å². The molecule has 1 aliphatic heterocycles. The normalized spacial score (nSPS) is 20.6. The minimum absolute atomic E-state index is 0.640. The van der Waals surface area contributed by atoms with Crippen molar-refractivity contribution in [3.8, 4) is 0 Å². The number of nitrogens with one attached hydrogen (secondary N) is 1. The van der Waals surface area contributed by atoms with Crippen LogP contribution >= 0.6 is 23.4 Å². The molecule has 1 aliphatic rings. The summed E-state index contributed by atoms with van der Waals surface area (Å²) >= 11 is 7.67. The van der Waals surface area contributed by atoms with Gasteiger partial charge in [-0.1, -0.05) is 30.3 Å². The van der Waals surface area contributed by atoms with Crippen molar-refractivity contribution in [3.05, 3.63) is 17.3 Å². The van der Waals surface area contributed by atoms with E-state index in [1.54, 1.807) is 6.20 Å². The molecule has 0 saturated heterocycles. The quantitative estimate of drug-likeness (QED) is 0.778. The lowest BCUT2D eigenvalue weighted by atomic mass is 10.3. The largest absolute Gasteiger partial charge is 0.382 e. The van der Waals surface area contributed by atoms with E-state index in [0.29, 0.717) is 10.3 Å². The van der Waals surface area contributed by atoms with Gasteiger partial charge in [0.15, 0.2) is 0 Å². The van der Waals surface area contributed by atoms with Crippen LogP contribution in [0.25, 0.3) is 0 Å². The minimum Gasteiger partial charge on any atom is -0.382 e. The topological polar surface area (TPSA) is 24.9 Å². The highest BCUT2D eigenvalue weighted by Gasteiger charge is 2.18. The average molecular weight is 215 g/mol. The summed E-state index contributed by atoms with van der Waals surface area (Å²) in [5.41, 5.74) is 1.07. The summed E-state index contributed by atoms with van der Waals surface area (Å²) in [5, 5.41) is 5.74. The van der Waals surface area contributed by atoms with Gasteiger partial charge in [-0.15, -0.1) is 0 Å². The van der Waals surface area contributed by atoms with Gasteiger partial charge in [0.1, 0.15) is 5.03 Å². The standard InChI is InChI=1S/C9H11ClN2S/c1-2-7-5-11-8-3-6(10)4-12-9(8)13-7/h3-4,7,11H,2,5H2,1H3. The van der Waals surface area contributed by atoms with Crippen LogP contribution in [0.2, 0.25) is 5.02 Å². The number of anilines is 1. The first-order valence-electron chi connectivity index (χ1n) is 4.35. The molecule has 13 heavy (non-hydrogen) atoms. The maximum atomic E-state index is 5.84. The molecule has 0 radical (unpaired) electrons. The van der Waals surface area contributed by atoms with Gasteiger partial charge in [-0.2, -0.15) is 0 Å². The molecule has 1 unspecified atom stereocenters. The smallest absolute Gasteiger partial charge is 0.120 e. The third-order valence-corrected chi connectivity index (χ3v) is 3.66. The summed E-state index contributed by atoms with van der Waals surface area (Å²) in [7, 11) is 0. The molecule has 0 amide bonds. The molecule has 0 aromatic carbocycles. The summed E-state index contributed by atoms with van der Waals surface area (Å²) in [5.74, 6) is 0. The highest BCUT2D eigenvalue weighted by atomic mass is 35.5. The lowest BCUT2D eigenvalue weighted by Crippen LogP contribution is -2.21. The van der Waals surface area contributed by atoms with Crippen LogP contribution in [0.5, 0.6) is 0 Å². The lowest BCUT2D eigenvalue weighted by Gasteiger charge is -2.23. The van der Waals surface area contributed by atoms with Gasteiger partial charge in [0.2, 0.25) is 0 Å². The number of hydrogen-bond donors (Lipinski definition) is 1. The molecule has 4 heteroatoms. The van der Waals surface area contributed by atoms with E-state index in [4.69, 9.17) is 11.6 Å². The molecule has 1 atom stereocenters. The summed E-state index contributed by atoms with van der Waals surface area (Å²) in [6, 6.07) is 1.93. The van der Waals surface area contributed by atoms with Crippen molar-refractivity contribution in [3.63, 3.8) is 0 Å². The number of thioether (sulfide) groups is 1. The molecule has 2 rings (SSSR count). The van der Waals surface area contributed by atoms with E-state index < -0.39 is 0 Å².